The van der Waals surface area contributed by atoms with Gasteiger partial charge in [0, 0.05) is 63.5 Å². The summed E-state index contributed by atoms with van der Waals surface area (Å²) >= 11 is 0. The molecule has 1 fully saturated rings. The zero-order valence-corrected chi connectivity index (χ0v) is 14.3. The number of carbonyl (C=O) groups excluding carboxylic acids is 1. The van der Waals surface area contributed by atoms with Crippen LogP contribution in [0.25, 0.3) is 10.9 Å². The number of nitrogens with zero attached hydrogens (tertiary/aromatic N) is 3. The predicted molar refractivity (Wildman–Crippen MR) is 91.2 cm³/mol. The molecule has 1 aliphatic rings. The smallest absolute Gasteiger partial charge is 0.248 e. The maximum Gasteiger partial charge on any atom is 0.248 e. The Morgan fingerprint density at radius 3 is 2.83 bits per heavy atom. The van der Waals surface area contributed by atoms with Crippen molar-refractivity contribution in [3.63, 3.8) is 0 Å². The number of hydrogen-bond acceptors (Lipinski definition) is 3. The second kappa shape index (κ2) is 7.32. The van der Waals surface area contributed by atoms with Crippen molar-refractivity contribution in [2.45, 2.75) is 13.0 Å². The number of fused-ring (bicyclic) bond motifs is 1. The van der Waals surface area contributed by atoms with Gasteiger partial charge in [-0.15, -0.1) is 0 Å². The number of ether oxygens (including phenoxy) is 1. The Bertz CT molecular complexity index is 728. The van der Waals surface area contributed by atoms with E-state index in [9.17, 15) is 9.18 Å². The van der Waals surface area contributed by atoms with Gasteiger partial charge in [0.1, 0.15) is 12.4 Å². The summed E-state index contributed by atoms with van der Waals surface area (Å²) in [5, 5.41) is 0.930. The number of hydrogen-bond donors (Lipinski definition) is 0. The summed E-state index contributed by atoms with van der Waals surface area (Å²) in [5.41, 5.74) is 2.20. The Morgan fingerprint density at radius 2 is 2.04 bits per heavy atom. The van der Waals surface area contributed by atoms with Crippen LogP contribution in [0.3, 0.4) is 0 Å². The van der Waals surface area contributed by atoms with E-state index in [4.69, 9.17) is 4.74 Å². The van der Waals surface area contributed by atoms with Crippen molar-refractivity contribution in [1.82, 2.24) is 14.4 Å². The van der Waals surface area contributed by atoms with Crippen LogP contribution >= 0.6 is 0 Å². The van der Waals surface area contributed by atoms with Crippen molar-refractivity contribution in [3.05, 3.63) is 35.8 Å². The maximum atomic E-state index is 13.4. The molecule has 1 aromatic carbocycles. The number of carbonyl (C=O) groups is 1. The summed E-state index contributed by atoms with van der Waals surface area (Å²) in [6, 6.07) is 6.95. The molecule has 1 amide bonds. The van der Waals surface area contributed by atoms with Gasteiger partial charge in [-0.05, 0) is 30.7 Å². The molecule has 0 atom stereocenters. The molecule has 0 radical (unpaired) electrons. The third-order valence-corrected chi connectivity index (χ3v) is 4.70. The van der Waals surface area contributed by atoms with Crippen LogP contribution in [0.1, 0.15) is 12.1 Å². The lowest BCUT2D eigenvalue weighted by Gasteiger charge is -2.22. The topological polar surface area (TPSA) is 37.7 Å². The van der Waals surface area contributed by atoms with Gasteiger partial charge in [-0.2, -0.15) is 0 Å². The maximum absolute atomic E-state index is 13.4. The van der Waals surface area contributed by atoms with Gasteiger partial charge in [-0.1, -0.05) is 0 Å². The molecule has 1 aliphatic heterocycles. The summed E-state index contributed by atoms with van der Waals surface area (Å²) in [6.07, 6.45) is 0.952. The van der Waals surface area contributed by atoms with E-state index in [0.717, 1.165) is 55.7 Å². The number of aryl methyl sites for hydroxylation is 1. The van der Waals surface area contributed by atoms with Crippen LogP contribution in [-0.4, -0.2) is 60.2 Å². The van der Waals surface area contributed by atoms with Crippen LogP contribution in [0.5, 0.6) is 0 Å². The van der Waals surface area contributed by atoms with E-state index in [2.05, 4.69) is 15.5 Å². The molecule has 2 aromatic rings. The average Bonchev–Trinajstić information content (AvgIpc) is 2.73. The second-order valence-electron chi connectivity index (χ2n) is 6.34. The number of aromatic nitrogens is 1. The number of halogens is 1. The Morgan fingerprint density at radius 1 is 1.21 bits per heavy atom. The first-order valence-corrected chi connectivity index (χ1v) is 8.31. The van der Waals surface area contributed by atoms with Crippen molar-refractivity contribution in [3.8, 4) is 0 Å². The largest absolute Gasteiger partial charge is 0.375 e. The lowest BCUT2D eigenvalue weighted by molar-refractivity contribution is -0.135. The second-order valence-corrected chi connectivity index (χ2v) is 6.34. The molecule has 1 aromatic heterocycles. The van der Waals surface area contributed by atoms with Crippen molar-refractivity contribution in [1.29, 1.82) is 0 Å². The minimum Gasteiger partial charge on any atom is -0.375 e. The summed E-state index contributed by atoms with van der Waals surface area (Å²) in [5.74, 6) is -0.152. The van der Waals surface area contributed by atoms with Gasteiger partial charge in [-0.3, -0.25) is 9.69 Å². The fourth-order valence-electron chi connectivity index (χ4n) is 3.35. The van der Waals surface area contributed by atoms with E-state index in [1.54, 1.807) is 13.2 Å². The molecule has 0 aliphatic carbocycles. The SMILES string of the molecule is COCC(=O)N1CCCN(Cc2cc3cc(F)ccc3n2C)CC1. The summed E-state index contributed by atoms with van der Waals surface area (Å²) in [7, 11) is 3.56. The van der Waals surface area contributed by atoms with Crippen molar-refractivity contribution in [2.75, 3.05) is 39.9 Å². The first kappa shape index (κ1) is 16.9. The molecular weight excluding hydrogens is 309 g/mol. The van der Waals surface area contributed by atoms with E-state index >= 15 is 0 Å². The molecule has 0 N–H and O–H groups in total. The predicted octanol–water partition coefficient (Wildman–Crippen LogP) is 2.00. The van der Waals surface area contributed by atoms with Gasteiger partial charge >= 0.3 is 0 Å². The van der Waals surface area contributed by atoms with Crippen LogP contribution in [0.4, 0.5) is 4.39 Å². The van der Waals surface area contributed by atoms with Crippen molar-refractivity contribution < 1.29 is 13.9 Å². The number of amides is 1. The molecule has 6 heteroatoms. The molecular formula is C18H24FN3O2. The average molecular weight is 333 g/mol. The molecule has 3 rings (SSSR count). The highest BCUT2D eigenvalue weighted by atomic mass is 19.1. The first-order chi connectivity index (χ1) is 11.6. The van der Waals surface area contributed by atoms with Gasteiger partial charge in [0.25, 0.3) is 0 Å². The normalized spacial score (nSPS) is 16.5. The quantitative estimate of drug-likeness (QED) is 0.859. The molecule has 0 bridgehead atoms. The van der Waals surface area contributed by atoms with Crippen LogP contribution in [0.15, 0.2) is 24.3 Å². The van der Waals surface area contributed by atoms with Gasteiger partial charge in [0.2, 0.25) is 5.91 Å². The molecule has 1 saturated heterocycles. The van der Waals surface area contributed by atoms with Crippen LogP contribution in [0.2, 0.25) is 0 Å². The monoisotopic (exact) mass is 333 g/mol. The zero-order valence-electron chi connectivity index (χ0n) is 14.3. The number of rotatable bonds is 4. The Labute approximate surface area is 141 Å². The first-order valence-electron chi connectivity index (χ1n) is 8.31. The highest BCUT2D eigenvalue weighted by molar-refractivity contribution is 5.81. The Balaban J connectivity index is 1.68. The Hall–Kier alpha value is -1.92. The van der Waals surface area contributed by atoms with Gasteiger partial charge in [0.05, 0.1) is 0 Å². The highest BCUT2D eigenvalue weighted by Gasteiger charge is 2.19. The van der Waals surface area contributed by atoms with E-state index < -0.39 is 0 Å². The van der Waals surface area contributed by atoms with Crippen LogP contribution < -0.4 is 0 Å². The fraction of sp³-hybridized carbons (Fsp3) is 0.500. The molecule has 0 saturated carbocycles. The van der Waals surface area contributed by atoms with E-state index in [-0.39, 0.29) is 18.3 Å². The van der Waals surface area contributed by atoms with Gasteiger partial charge in [-0.25, -0.2) is 4.39 Å². The minimum atomic E-state index is -0.207. The molecule has 2 heterocycles. The molecule has 0 unspecified atom stereocenters. The number of benzene rings is 1. The van der Waals surface area contributed by atoms with Gasteiger partial charge in [0.15, 0.2) is 0 Å². The number of methoxy groups -OCH3 is 1. The highest BCUT2D eigenvalue weighted by Crippen LogP contribution is 2.21. The fourth-order valence-corrected chi connectivity index (χ4v) is 3.35. The Kier molecular flexibility index (Phi) is 5.16. The third-order valence-electron chi connectivity index (χ3n) is 4.70. The molecule has 24 heavy (non-hydrogen) atoms. The lowest BCUT2D eigenvalue weighted by atomic mass is 10.2. The third kappa shape index (κ3) is 3.60. The summed E-state index contributed by atoms with van der Waals surface area (Å²) in [4.78, 5) is 16.2. The standard InChI is InChI=1S/C18H24FN3O2/c1-20-16(11-14-10-15(19)4-5-17(14)20)12-21-6-3-7-22(9-8-21)18(23)13-24-2/h4-5,10-11H,3,6-9,12-13H2,1-2H3. The van der Waals surface area contributed by atoms with Gasteiger partial charge < -0.3 is 14.2 Å². The minimum absolute atomic E-state index is 0.0550. The van der Waals surface area contributed by atoms with E-state index in [0.29, 0.717) is 0 Å². The molecule has 130 valence electrons. The summed E-state index contributed by atoms with van der Waals surface area (Å²) < 4.78 is 20.5. The molecule has 0 spiro atoms. The lowest BCUT2D eigenvalue weighted by Crippen LogP contribution is -2.37. The van der Waals surface area contributed by atoms with Crippen LogP contribution in [-0.2, 0) is 23.1 Å². The molecule has 5 nitrogen and oxygen atoms in total. The zero-order chi connectivity index (χ0) is 17.1. The van der Waals surface area contributed by atoms with Crippen molar-refractivity contribution >= 4 is 16.8 Å². The van der Waals surface area contributed by atoms with Crippen LogP contribution in [0, 0.1) is 5.82 Å². The summed E-state index contributed by atoms with van der Waals surface area (Å²) in [6.45, 7) is 4.24. The van der Waals surface area contributed by atoms with Crippen molar-refractivity contribution in [2.24, 2.45) is 7.05 Å². The van der Waals surface area contributed by atoms with E-state index in [1.165, 1.54) is 6.07 Å². The van der Waals surface area contributed by atoms with E-state index in [1.807, 2.05) is 18.0 Å².